The van der Waals surface area contributed by atoms with Gasteiger partial charge < -0.3 is 15.3 Å². The molecule has 1 saturated heterocycles. The van der Waals surface area contributed by atoms with Gasteiger partial charge in [0, 0.05) is 31.6 Å². The number of likely N-dealkylation sites (tertiary alicyclic amines) is 1. The van der Waals surface area contributed by atoms with Gasteiger partial charge in [-0.15, -0.1) is 0 Å². The monoisotopic (exact) mass is 352 g/mol. The molecule has 0 unspecified atom stereocenters. The van der Waals surface area contributed by atoms with Crippen LogP contribution in [0.1, 0.15) is 44.7 Å². The highest BCUT2D eigenvalue weighted by Crippen LogP contribution is 2.15. The lowest BCUT2D eigenvalue weighted by Gasteiger charge is -2.15. The van der Waals surface area contributed by atoms with Crippen LogP contribution in [0.25, 0.3) is 0 Å². The number of aromatic carboxylic acids is 1. The van der Waals surface area contributed by atoms with Crippen molar-refractivity contribution in [3.05, 3.63) is 70.8 Å². The molecule has 0 radical (unpaired) electrons. The third-order valence-electron chi connectivity index (χ3n) is 4.39. The topological polar surface area (TPSA) is 86.7 Å². The molecule has 6 nitrogen and oxygen atoms in total. The molecule has 3 rings (SSSR count). The van der Waals surface area contributed by atoms with Crippen molar-refractivity contribution in [2.24, 2.45) is 0 Å². The average Bonchev–Trinajstić information content (AvgIpc) is 3.05. The van der Waals surface area contributed by atoms with Crippen molar-refractivity contribution >= 4 is 17.8 Å². The number of nitrogens with zero attached hydrogens (tertiary/aromatic N) is 1. The zero-order valence-electron chi connectivity index (χ0n) is 14.3. The van der Waals surface area contributed by atoms with Crippen molar-refractivity contribution in [3.63, 3.8) is 0 Å². The maximum atomic E-state index is 12.2. The van der Waals surface area contributed by atoms with Gasteiger partial charge in [-0.3, -0.25) is 9.59 Å². The quantitative estimate of drug-likeness (QED) is 0.836. The van der Waals surface area contributed by atoms with Crippen LogP contribution in [0.2, 0.25) is 0 Å². The highest BCUT2D eigenvalue weighted by molar-refractivity contribution is 5.97. The van der Waals surface area contributed by atoms with E-state index in [-0.39, 0.29) is 17.4 Å². The molecular formula is C20H20N2O4. The first-order chi connectivity index (χ1) is 12.5. The third kappa shape index (κ3) is 4.27. The van der Waals surface area contributed by atoms with Crippen molar-refractivity contribution in [1.29, 1.82) is 0 Å². The highest BCUT2D eigenvalue weighted by Gasteiger charge is 2.19. The molecule has 1 aliphatic rings. The van der Waals surface area contributed by atoms with Gasteiger partial charge in [-0.2, -0.15) is 0 Å². The van der Waals surface area contributed by atoms with Gasteiger partial charge in [0.1, 0.15) is 0 Å². The summed E-state index contributed by atoms with van der Waals surface area (Å²) in [5, 5.41) is 11.8. The molecule has 0 saturated carbocycles. The molecule has 0 aromatic heterocycles. The molecule has 6 heteroatoms. The molecule has 2 N–H and O–H groups in total. The van der Waals surface area contributed by atoms with Crippen LogP contribution in [0.15, 0.2) is 48.5 Å². The minimum atomic E-state index is -1.06. The van der Waals surface area contributed by atoms with Crippen molar-refractivity contribution in [1.82, 2.24) is 10.2 Å². The third-order valence-corrected chi connectivity index (χ3v) is 4.39. The maximum Gasteiger partial charge on any atom is 0.335 e. The van der Waals surface area contributed by atoms with Crippen molar-refractivity contribution in [2.75, 3.05) is 6.54 Å². The summed E-state index contributed by atoms with van der Waals surface area (Å²) in [6, 6.07) is 13.7. The van der Waals surface area contributed by atoms with Gasteiger partial charge in [0.05, 0.1) is 5.56 Å². The zero-order valence-corrected chi connectivity index (χ0v) is 14.3. The molecular weight excluding hydrogens is 332 g/mol. The first-order valence-corrected chi connectivity index (χ1v) is 8.50. The minimum Gasteiger partial charge on any atom is -0.478 e. The SMILES string of the molecule is O=C(O)c1cccc(C(=O)NCc2ccc(CN3CCCC3=O)cc2)c1. The first-order valence-electron chi connectivity index (χ1n) is 8.50. The van der Waals surface area contributed by atoms with Gasteiger partial charge in [-0.25, -0.2) is 4.79 Å². The summed E-state index contributed by atoms with van der Waals surface area (Å²) in [4.78, 5) is 36.7. The summed E-state index contributed by atoms with van der Waals surface area (Å²) < 4.78 is 0. The molecule has 1 fully saturated rings. The van der Waals surface area contributed by atoms with E-state index in [1.807, 2.05) is 29.2 Å². The van der Waals surface area contributed by atoms with Crippen LogP contribution in [0, 0.1) is 0 Å². The molecule has 2 aromatic carbocycles. The van der Waals surface area contributed by atoms with Crippen molar-refractivity contribution in [2.45, 2.75) is 25.9 Å². The lowest BCUT2D eigenvalue weighted by molar-refractivity contribution is -0.128. The van der Waals surface area contributed by atoms with E-state index in [0.717, 1.165) is 24.1 Å². The van der Waals surface area contributed by atoms with E-state index < -0.39 is 5.97 Å². The predicted molar refractivity (Wildman–Crippen MR) is 95.7 cm³/mol. The van der Waals surface area contributed by atoms with Gasteiger partial charge >= 0.3 is 5.97 Å². The van der Waals surface area contributed by atoms with E-state index in [9.17, 15) is 14.4 Å². The molecule has 26 heavy (non-hydrogen) atoms. The van der Waals surface area contributed by atoms with Crippen LogP contribution in [0.3, 0.4) is 0 Å². The van der Waals surface area contributed by atoms with E-state index in [0.29, 0.717) is 25.1 Å². The number of amides is 2. The predicted octanol–water partition coefficient (Wildman–Crippen LogP) is 2.44. The Morgan fingerprint density at radius 2 is 1.73 bits per heavy atom. The second-order valence-corrected chi connectivity index (χ2v) is 6.30. The Bertz CT molecular complexity index is 830. The Morgan fingerprint density at radius 3 is 2.38 bits per heavy atom. The Labute approximate surface area is 151 Å². The van der Waals surface area contributed by atoms with E-state index in [4.69, 9.17) is 5.11 Å². The van der Waals surface area contributed by atoms with Crippen LogP contribution >= 0.6 is 0 Å². The Kier molecular flexibility index (Phi) is 5.31. The van der Waals surface area contributed by atoms with E-state index in [2.05, 4.69) is 5.32 Å². The number of hydrogen-bond acceptors (Lipinski definition) is 3. The minimum absolute atomic E-state index is 0.0819. The van der Waals surface area contributed by atoms with Crippen LogP contribution in [-0.2, 0) is 17.9 Å². The van der Waals surface area contributed by atoms with Crippen molar-refractivity contribution < 1.29 is 19.5 Å². The van der Waals surface area contributed by atoms with E-state index in [1.54, 1.807) is 12.1 Å². The smallest absolute Gasteiger partial charge is 0.335 e. The maximum absolute atomic E-state index is 12.2. The second-order valence-electron chi connectivity index (χ2n) is 6.30. The fraction of sp³-hybridized carbons (Fsp3) is 0.250. The van der Waals surface area contributed by atoms with Gasteiger partial charge in [0.2, 0.25) is 5.91 Å². The van der Waals surface area contributed by atoms with Gasteiger partial charge in [0.15, 0.2) is 0 Å². The van der Waals surface area contributed by atoms with Gasteiger partial charge in [-0.1, -0.05) is 30.3 Å². The average molecular weight is 352 g/mol. The fourth-order valence-corrected chi connectivity index (χ4v) is 2.93. The van der Waals surface area contributed by atoms with Crippen molar-refractivity contribution in [3.8, 4) is 0 Å². The highest BCUT2D eigenvalue weighted by atomic mass is 16.4. The van der Waals surface area contributed by atoms with Gasteiger partial charge in [0.25, 0.3) is 5.91 Å². The van der Waals surface area contributed by atoms with Gasteiger partial charge in [-0.05, 0) is 35.7 Å². The molecule has 134 valence electrons. The molecule has 1 aliphatic heterocycles. The molecule has 2 aromatic rings. The number of nitrogens with one attached hydrogen (secondary N) is 1. The lowest BCUT2D eigenvalue weighted by Crippen LogP contribution is -2.24. The Balaban J connectivity index is 1.56. The molecule has 0 atom stereocenters. The summed E-state index contributed by atoms with van der Waals surface area (Å²) in [6.07, 6.45) is 1.55. The van der Waals surface area contributed by atoms with E-state index in [1.165, 1.54) is 12.1 Å². The zero-order chi connectivity index (χ0) is 18.5. The molecule has 1 heterocycles. The summed E-state index contributed by atoms with van der Waals surface area (Å²) in [5.74, 6) is -1.18. The van der Waals surface area contributed by atoms with Crippen LogP contribution in [0.4, 0.5) is 0 Å². The largest absolute Gasteiger partial charge is 0.478 e. The van der Waals surface area contributed by atoms with E-state index >= 15 is 0 Å². The Hall–Kier alpha value is -3.15. The van der Waals surface area contributed by atoms with Crippen LogP contribution in [0.5, 0.6) is 0 Å². The summed E-state index contributed by atoms with van der Waals surface area (Å²) >= 11 is 0. The van der Waals surface area contributed by atoms with Crippen LogP contribution in [-0.4, -0.2) is 34.3 Å². The molecule has 0 bridgehead atoms. The second kappa shape index (κ2) is 7.82. The molecule has 0 aliphatic carbocycles. The number of carbonyl (C=O) groups is 3. The lowest BCUT2D eigenvalue weighted by atomic mass is 10.1. The number of rotatable bonds is 6. The number of hydrogen-bond donors (Lipinski definition) is 2. The Morgan fingerprint density at radius 1 is 1.04 bits per heavy atom. The summed E-state index contributed by atoms with van der Waals surface area (Å²) in [6.45, 7) is 1.78. The fourth-order valence-electron chi connectivity index (χ4n) is 2.93. The summed E-state index contributed by atoms with van der Waals surface area (Å²) in [7, 11) is 0. The van der Waals surface area contributed by atoms with Crippen LogP contribution < -0.4 is 5.32 Å². The number of carboxylic acid groups (broad SMARTS) is 1. The normalized spacial score (nSPS) is 13.7. The number of carboxylic acids is 1. The number of carbonyl (C=O) groups excluding carboxylic acids is 2. The first kappa shape index (κ1) is 17.7. The molecule has 2 amide bonds. The molecule has 0 spiro atoms. The standard InChI is InChI=1S/C20H20N2O4/c23-18-5-2-10-22(18)13-15-8-6-14(7-9-15)12-21-19(24)16-3-1-4-17(11-16)20(25)26/h1,3-4,6-9,11H,2,5,10,12-13H2,(H,21,24)(H,25,26). The number of benzene rings is 2. The summed E-state index contributed by atoms with van der Waals surface area (Å²) in [5.41, 5.74) is 2.39.